The number of allylic oxidation sites excluding steroid dienone is 2. The monoisotopic (exact) mass is 323 g/mol. The first kappa shape index (κ1) is 16.2. The van der Waals surface area contributed by atoms with E-state index in [9.17, 15) is 4.79 Å². The zero-order valence-corrected chi connectivity index (χ0v) is 13.7. The second-order valence-corrected chi connectivity index (χ2v) is 5.82. The number of rotatable bonds is 5. The Bertz CT molecular complexity index is 726. The lowest BCUT2D eigenvalue weighted by molar-refractivity contribution is -0.125. The number of nitrogens with one attached hydrogen (secondary N) is 1. The van der Waals surface area contributed by atoms with Crippen molar-refractivity contribution >= 4 is 5.91 Å². The molecule has 0 saturated heterocycles. The van der Waals surface area contributed by atoms with E-state index in [1.54, 1.807) is 7.11 Å². The van der Waals surface area contributed by atoms with Gasteiger partial charge in [0.15, 0.2) is 0 Å². The van der Waals surface area contributed by atoms with Gasteiger partial charge in [0.05, 0.1) is 25.0 Å². The van der Waals surface area contributed by atoms with E-state index in [2.05, 4.69) is 27.4 Å². The Morgan fingerprint density at radius 2 is 2.08 bits per heavy atom. The van der Waals surface area contributed by atoms with Crippen molar-refractivity contribution in [2.24, 2.45) is 5.92 Å². The third-order valence-corrected chi connectivity index (χ3v) is 4.19. The quantitative estimate of drug-likeness (QED) is 0.859. The van der Waals surface area contributed by atoms with Gasteiger partial charge >= 0.3 is 0 Å². The van der Waals surface area contributed by atoms with Gasteiger partial charge in [-0.15, -0.1) is 0 Å². The van der Waals surface area contributed by atoms with Crippen LogP contribution >= 0.6 is 0 Å². The Hall–Kier alpha value is -2.69. The Morgan fingerprint density at radius 3 is 2.79 bits per heavy atom. The first-order valence-electron chi connectivity index (χ1n) is 8.14. The molecule has 2 aromatic rings. The van der Waals surface area contributed by atoms with Crippen molar-refractivity contribution < 1.29 is 9.53 Å². The Balaban J connectivity index is 1.64. The molecule has 1 aromatic heterocycles. The van der Waals surface area contributed by atoms with Crippen LogP contribution in [0.1, 0.15) is 25.0 Å². The van der Waals surface area contributed by atoms with E-state index in [4.69, 9.17) is 4.74 Å². The number of ether oxygens (including phenoxy) is 1. The topological polar surface area (TPSA) is 64.1 Å². The summed E-state index contributed by atoms with van der Waals surface area (Å²) in [6.45, 7) is 0.421. The van der Waals surface area contributed by atoms with Gasteiger partial charge in [-0.05, 0) is 49.6 Å². The van der Waals surface area contributed by atoms with Crippen LogP contribution in [0.4, 0.5) is 0 Å². The van der Waals surface area contributed by atoms with Crippen LogP contribution in [0.25, 0.3) is 11.3 Å². The van der Waals surface area contributed by atoms with Crippen LogP contribution in [0.2, 0.25) is 0 Å². The van der Waals surface area contributed by atoms with Crippen LogP contribution in [0, 0.1) is 5.92 Å². The molecular weight excluding hydrogens is 302 g/mol. The maximum atomic E-state index is 12.2. The minimum absolute atomic E-state index is 0.0814. The van der Waals surface area contributed by atoms with Gasteiger partial charge in [0.25, 0.3) is 0 Å². The number of hydrogen-bond acceptors (Lipinski definition) is 4. The Morgan fingerprint density at radius 1 is 1.25 bits per heavy atom. The predicted octanol–water partition coefficient (Wildman–Crippen LogP) is 3.12. The molecule has 1 N–H and O–H groups in total. The van der Waals surface area contributed by atoms with Crippen molar-refractivity contribution in [2.75, 3.05) is 7.11 Å². The third-order valence-electron chi connectivity index (χ3n) is 4.19. The summed E-state index contributed by atoms with van der Waals surface area (Å²) >= 11 is 0. The van der Waals surface area contributed by atoms with Crippen molar-refractivity contribution in [1.29, 1.82) is 0 Å². The summed E-state index contributed by atoms with van der Waals surface area (Å²) in [6, 6.07) is 9.61. The molecule has 0 saturated carbocycles. The largest absolute Gasteiger partial charge is 0.497 e. The number of carbonyl (C=O) groups is 1. The predicted molar refractivity (Wildman–Crippen MR) is 92.3 cm³/mol. The molecule has 0 bridgehead atoms. The molecule has 124 valence electrons. The zero-order chi connectivity index (χ0) is 16.8. The molecule has 1 atom stereocenters. The molecule has 5 heteroatoms. The van der Waals surface area contributed by atoms with E-state index in [-0.39, 0.29) is 11.8 Å². The highest BCUT2D eigenvalue weighted by atomic mass is 16.5. The Labute approximate surface area is 141 Å². The van der Waals surface area contributed by atoms with E-state index in [0.717, 1.165) is 42.0 Å². The van der Waals surface area contributed by atoms with Gasteiger partial charge in [-0.1, -0.05) is 12.2 Å². The van der Waals surface area contributed by atoms with Crippen molar-refractivity contribution in [1.82, 2.24) is 15.3 Å². The molecule has 0 radical (unpaired) electrons. The molecule has 3 rings (SSSR count). The summed E-state index contributed by atoms with van der Waals surface area (Å²) in [5.74, 6) is 0.990. The van der Waals surface area contributed by atoms with Gasteiger partial charge in [-0.3, -0.25) is 4.79 Å². The van der Waals surface area contributed by atoms with Crippen LogP contribution in [0.15, 0.2) is 48.8 Å². The fourth-order valence-electron chi connectivity index (χ4n) is 2.77. The average Bonchev–Trinajstić information content (AvgIpc) is 2.67. The molecular formula is C19H21N3O2. The molecule has 0 fully saturated rings. The van der Waals surface area contributed by atoms with Crippen molar-refractivity contribution in [2.45, 2.75) is 25.8 Å². The van der Waals surface area contributed by atoms with Gasteiger partial charge in [0.1, 0.15) is 12.1 Å². The molecule has 5 nitrogen and oxygen atoms in total. The van der Waals surface area contributed by atoms with Crippen LogP contribution in [-0.4, -0.2) is 23.0 Å². The minimum atomic E-state index is 0.0814. The lowest BCUT2D eigenvalue weighted by Crippen LogP contribution is -2.31. The standard InChI is InChI=1S/C19H21N3O2/c1-24-17-9-7-14(8-10-17)18-11-16(21-13-22-18)12-20-19(23)15-5-3-2-4-6-15/h2-3,7-11,13,15H,4-6,12H2,1H3,(H,20,23). The number of hydrogen-bond donors (Lipinski definition) is 1. The number of nitrogens with zero attached hydrogens (tertiary/aromatic N) is 2. The van der Waals surface area contributed by atoms with E-state index < -0.39 is 0 Å². The van der Waals surface area contributed by atoms with Gasteiger partial charge in [-0.2, -0.15) is 0 Å². The molecule has 1 heterocycles. The first-order chi connectivity index (χ1) is 11.8. The first-order valence-corrected chi connectivity index (χ1v) is 8.14. The van der Waals surface area contributed by atoms with Crippen LogP contribution < -0.4 is 10.1 Å². The minimum Gasteiger partial charge on any atom is -0.497 e. The summed E-state index contributed by atoms with van der Waals surface area (Å²) in [5, 5.41) is 2.98. The van der Waals surface area contributed by atoms with E-state index in [1.807, 2.05) is 30.3 Å². The number of carbonyl (C=O) groups excluding carboxylic acids is 1. The lowest BCUT2D eigenvalue weighted by atomic mass is 9.94. The van der Waals surface area contributed by atoms with E-state index in [1.165, 1.54) is 6.33 Å². The highest BCUT2D eigenvalue weighted by Crippen LogP contribution is 2.21. The fourth-order valence-corrected chi connectivity index (χ4v) is 2.77. The molecule has 0 spiro atoms. The maximum absolute atomic E-state index is 12.2. The molecule has 1 aliphatic rings. The molecule has 1 aliphatic carbocycles. The molecule has 1 unspecified atom stereocenters. The van der Waals surface area contributed by atoms with E-state index >= 15 is 0 Å². The second kappa shape index (κ2) is 7.73. The fraction of sp³-hybridized carbons (Fsp3) is 0.316. The lowest BCUT2D eigenvalue weighted by Gasteiger charge is -2.17. The summed E-state index contributed by atoms with van der Waals surface area (Å²) in [5.41, 5.74) is 2.62. The van der Waals surface area contributed by atoms with Gasteiger partial charge < -0.3 is 10.1 Å². The van der Waals surface area contributed by atoms with E-state index in [0.29, 0.717) is 6.54 Å². The molecule has 1 amide bonds. The highest BCUT2D eigenvalue weighted by Gasteiger charge is 2.18. The molecule has 24 heavy (non-hydrogen) atoms. The smallest absolute Gasteiger partial charge is 0.223 e. The van der Waals surface area contributed by atoms with Gasteiger partial charge in [-0.25, -0.2) is 9.97 Å². The number of methoxy groups -OCH3 is 1. The van der Waals surface area contributed by atoms with Crippen molar-refractivity contribution in [3.8, 4) is 17.0 Å². The number of amides is 1. The molecule has 1 aromatic carbocycles. The van der Waals surface area contributed by atoms with Crippen LogP contribution in [0.5, 0.6) is 5.75 Å². The number of aromatic nitrogens is 2. The highest BCUT2D eigenvalue weighted by molar-refractivity contribution is 5.79. The van der Waals surface area contributed by atoms with Crippen LogP contribution in [-0.2, 0) is 11.3 Å². The zero-order valence-electron chi connectivity index (χ0n) is 13.7. The Kier molecular flexibility index (Phi) is 5.21. The van der Waals surface area contributed by atoms with Gasteiger partial charge in [0.2, 0.25) is 5.91 Å². The van der Waals surface area contributed by atoms with Crippen molar-refractivity contribution in [3.05, 3.63) is 54.5 Å². The number of benzene rings is 1. The third kappa shape index (κ3) is 3.98. The maximum Gasteiger partial charge on any atom is 0.223 e. The summed E-state index contributed by atoms with van der Waals surface area (Å²) in [4.78, 5) is 20.8. The SMILES string of the molecule is COc1ccc(-c2cc(CNC(=O)C3CC=CCC3)ncn2)cc1. The normalized spacial score (nSPS) is 16.6. The van der Waals surface area contributed by atoms with Crippen molar-refractivity contribution in [3.63, 3.8) is 0 Å². The average molecular weight is 323 g/mol. The second-order valence-electron chi connectivity index (χ2n) is 5.82. The summed E-state index contributed by atoms with van der Waals surface area (Å²) in [7, 11) is 1.64. The van der Waals surface area contributed by atoms with Gasteiger partial charge in [0, 0.05) is 11.5 Å². The van der Waals surface area contributed by atoms with Crippen LogP contribution in [0.3, 0.4) is 0 Å². The molecule has 0 aliphatic heterocycles. The summed E-state index contributed by atoms with van der Waals surface area (Å²) in [6.07, 6.45) is 8.48. The summed E-state index contributed by atoms with van der Waals surface area (Å²) < 4.78 is 5.17.